The zero-order chi connectivity index (χ0) is 9.26. The van der Waals surface area contributed by atoms with Crippen LogP contribution in [-0.2, 0) is 6.42 Å². The molecule has 1 aromatic heterocycles. The highest BCUT2D eigenvalue weighted by atomic mass is 16.5. The Kier molecular flexibility index (Phi) is 2.21. The maximum atomic E-state index is 5.65. The molecule has 1 aliphatic heterocycles. The van der Waals surface area contributed by atoms with Gasteiger partial charge < -0.3 is 4.74 Å². The second-order valence-electron chi connectivity index (χ2n) is 3.78. The van der Waals surface area contributed by atoms with Gasteiger partial charge in [-0.1, -0.05) is 13.8 Å². The Balaban J connectivity index is 2.46. The van der Waals surface area contributed by atoms with Crippen LogP contribution >= 0.6 is 0 Å². The number of hydrogen-bond donors (Lipinski definition) is 0. The Morgan fingerprint density at radius 2 is 2.31 bits per heavy atom. The quantitative estimate of drug-likeness (QED) is 0.657. The molecule has 70 valence electrons. The smallest absolute Gasteiger partial charge is 0.144 e. The minimum absolute atomic E-state index is 0.523. The Morgan fingerprint density at radius 1 is 1.46 bits per heavy atom. The predicted octanol–water partition coefficient (Wildman–Crippen LogP) is 2.53. The summed E-state index contributed by atoms with van der Waals surface area (Å²) in [5.74, 6) is 1.57. The zero-order valence-corrected chi connectivity index (χ0v) is 8.21. The Bertz CT molecular complexity index is 307. The number of aryl methyl sites for hydroxylation is 1. The van der Waals surface area contributed by atoms with Crippen LogP contribution in [0, 0.1) is 0 Å². The van der Waals surface area contributed by atoms with Crippen LogP contribution in [0.1, 0.15) is 37.4 Å². The summed E-state index contributed by atoms with van der Waals surface area (Å²) in [6.07, 6.45) is 4.06. The van der Waals surface area contributed by atoms with Gasteiger partial charge in [0.25, 0.3) is 0 Å². The third kappa shape index (κ3) is 1.53. The van der Waals surface area contributed by atoms with Crippen molar-refractivity contribution in [3.63, 3.8) is 0 Å². The van der Waals surface area contributed by atoms with Gasteiger partial charge in [0.15, 0.2) is 0 Å². The van der Waals surface area contributed by atoms with Crippen LogP contribution in [0.15, 0.2) is 12.3 Å². The zero-order valence-electron chi connectivity index (χ0n) is 8.21. The summed E-state index contributed by atoms with van der Waals surface area (Å²) in [5.41, 5.74) is 2.43. The van der Waals surface area contributed by atoms with Crippen molar-refractivity contribution < 1.29 is 4.74 Å². The van der Waals surface area contributed by atoms with Crippen LogP contribution in [-0.4, -0.2) is 11.6 Å². The minimum atomic E-state index is 0.523. The lowest BCUT2D eigenvalue weighted by Gasteiger charge is -2.20. The van der Waals surface area contributed by atoms with E-state index in [4.69, 9.17) is 4.74 Å². The van der Waals surface area contributed by atoms with E-state index in [2.05, 4.69) is 24.9 Å². The Morgan fingerprint density at radius 3 is 3.08 bits per heavy atom. The van der Waals surface area contributed by atoms with Crippen molar-refractivity contribution in [2.45, 2.75) is 32.6 Å². The van der Waals surface area contributed by atoms with Gasteiger partial charge in [-0.2, -0.15) is 0 Å². The molecule has 0 saturated carbocycles. The van der Waals surface area contributed by atoms with E-state index in [0.717, 1.165) is 30.9 Å². The van der Waals surface area contributed by atoms with Crippen molar-refractivity contribution in [3.05, 3.63) is 23.5 Å². The molecule has 2 heteroatoms. The van der Waals surface area contributed by atoms with Crippen LogP contribution in [0.3, 0.4) is 0 Å². The normalized spacial score (nSPS) is 15.3. The van der Waals surface area contributed by atoms with Gasteiger partial charge in [0.1, 0.15) is 5.75 Å². The largest absolute Gasteiger partial charge is 0.491 e. The molecule has 0 radical (unpaired) electrons. The van der Waals surface area contributed by atoms with Gasteiger partial charge >= 0.3 is 0 Å². The SMILES string of the molecule is CC(C)c1ccnc2c1OCCC2. The lowest BCUT2D eigenvalue weighted by Crippen LogP contribution is -2.12. The van der Waals surface area contributed by atoms with Gasteiger partial charge in [0.2, 0.25) is 0 Å². The number of pyridine rings is 1. The number of fused-ring (bicyclic) bond motifs is 1. The van der Waals surface area contributed by atoms with Crippen LogP contribution in [0.5, 0.6) is 5.75 Å². The average Bonchev–Trinajstić information content (AvgIpc) is 2.17. The highest BCUT2D eigenvalue weighted by Gasteiger charge is 2.16. The molecule has 0 amide bonds. The highest BCUT2D eigenvalue weighted by Crippen LogP contribution is 2.31. The minimum Gasteiger partial charge on any atom is -0.491 e. The summed E-state index contributed by atoms with van der Waals surface area (Å²) < 4.78 is 5.65. The fourth-order valence-electron chi connectivity index (χ4n) is 1.72. The van der Waals surface area contributed by atoms with Gasteiger partial charge in [-0.3, -0.25) is 4.98 Å². The van der Waals surface area contributed by atoms with Crippen molar-refractivity contribution in [3.8, 4) is 5.75 Å². The van der Waals surface area contributed by atoms with Gasteiger partial charge in [-0.25, -0.2) is 0 Å². The Labute approximate surface area is 78.9 Å². The Hall–Kier alpha value is -1.05. The van der Waals surface area contributed by atoms with E-state index in [1.54, 1.807) is 0 Å². The van der Waals surface area contributed by atoms with E-state index >= 15 is 0 Å². The van der Waals surface area contributed by atoms with Gasteiger partial charge in [0.05, 0.1) is 12.3 Å². The molecule has 2 rings (SSSR count). The molecule has 0 saturated heterocycles. The summed E-state index contributed by atoms with van der Waals surface area (Å²) in [7, 11) is 0. The second-order valence-corrected chi connectivity index (χ2v) is 3.78. The van der Waals surface area contributed by atoms with E-state index in [-0.39, 0.29) is 0 Å². The molecule has 0 spiro atoms. The first-order valence-electron chi connectivity index (χ1n) is 4.89. The molecule has 1 aliphatic rings. The topological polar surface area (TPSA) is 22.1 Å². The molecule has 0 bridgehead atoms. The standard InChI is InChI=1S/C11H15NO/c1-8(2)9-5-6-12-10-4-3-7-13-11(9)10/h5-6,8H,3-4,7H2,1-2H3. The number of ether oxygens (including phenoxy) is 1. The fraction of sp³-hybridized carbons (Fsp3) is 0.545. The first kappa shape index (κ1) is 8.54. The molecule has 2 heterocycles. The molecule has 0 aromatic carbocycles. The van der Waals surface area contributed by atoms with E-state index < -0.39 is 0 Å². The molecule has 0 fully saturated rings. The molecule has 0 aliphatic carbocycles. The predicted molar refractivity (Wildman–Crippen MR) is 52.1 cm³/mol. The van der Waals surface area contributed by atoms with Crippen LogP contribution in [0.2, 0.25) is 0 Å². The van der Waals surface area contributed by atoms with E-state index in [1.807, 2.05) is 6.20 Å². The summed E-state index contributed by atoms with van der Waals surface area (Å²) in [4.78, 5) is 4.34. The molecular weight excluding hydrogens is 162 g/mol. The van der Waals surface area contributed by atoms with Gasteiger partial charge in [-0.15, -0.1) is 0 Å². The van der Waals surface area contributed by atoms with E-state index in [9.17, 15) is 0 Å². The van der Waals surface area contributed by atoms with Crippen LogP contribution in [0.4, 0.5) is 0 Å². The number of nitrogens with zero attached hydrogens (tertiary/aromatic N) is 1. The molecule has 2 nitrogen and oxygen atoms in total. The third-order valence-corrected chi connectivity index (χ3v) is 2.44. The molecular formula is C11H15NO. The molecule has 1 aromatic rings. The molecule has 13 heavy (non-hydrogen) atoms. The summed E-state index contributed by atoms with van der Waals surface area (Å²) in [6, 6.07) is 2.06. The molecule has 0 N–H and O–H groups in total. The first-order valence-corrected chi connectivity index (χ1v) is 4.89. The van der Waals surface area contributed by atoms with Crippen molar-refractivity contribution >= 4 is 0 Å². The maximum Gasteiger partial charge on any atom is 0.144 e. The van der Waals surface area contributed by atoms with Crippen LogP contribution < -0.4 is 4.74 Å². The van der Waals surface area contributed by atoms with Crippen molar-refractivity contribution in [1.29, 1.82) is 0 Å². The van der Waals surface area contributed by atoms with Crippen molar-refractivity contribution in [2.24, 2.45) is 0 Å². The first-order chi connectivity index (χ1) is 6.29. The molecule has 0 unspecified atom stereocenters. The van der Waals surface area contributed by atoms with E-state index in [1.165, 1.54) is 5.56 Å². The van der Waals surface area contributed by atoms with Gasteiger partial charge in [0, 0.05) is 11.8 Å². The summed E-state index contributed by atoms with van der Waals surface area (Å²) in [6.45, 7) is 5.22. The number of aromatic nitrogens is 1. The average molecular weight is 177 g/mol. The summed E-state index contributed by atoms with van der Waals surface area (Å²) in [5, 5.41) is 0. The van der Waals surface area contributed by atoms with Crippen molar-refractivity contribution in [1.82, 2.24) is 4.98 Å². The lowest BCUT2D eigenvalue weighted by molar-refractivity contribution is 0.280. The van der Waals surface area contributed by atoms with E-state index in [0.29, 0.717) is 5.92 Å². The van der Waals surface area contributed by atoms with Gasteiger partial charge in [-0.05, 0) is 24.8 Å². The summed E-state index contributed by atoms with van der Waals surface area (Å²) >= 11 is 0. The number of rotatable bonds is 1. The number of hydrogen-bond acceptors (Lipinski definition) is 2. The monoisotopic (exact) mass is 177 g/mol. The fourth-order valence-corrected chi connectivity index (χ4v) is 1.72. The highest BCUT2D eigenvalue weighted by molar-refractivity contribution is 5.39. The van der Waals surface area contributed by atoms with Crippen LogP contribution in [0.25, 0.3) is 0 Å². The maximum absolute atomic E-state index is 5.65. The lowest BCUT2D eigenvalue weighted by atomic mass is 10.00. The second kappa shape index (κ2) is 3.36. The molecule has 0 atom stereocenters. The van der Waals surface area contributed by atoms with Crippen molar-refractivity contribution in [2.75, 3.05) is 6.61 Å². The third-order valence-electron chi connectivity index (χ3n) is 2.44.